The number of carbonyl (C=O) groups is 2. The van der Waals surface area contributed by atoms with Crippen LogP contribution in [0.5, 0.6) is 11.5 Å². The molecular weight excluding hydrogens is 466 g/mol. The monoisotopic (exact) mass is 501 g/mol. The zero-order valence-corrected chi connectivity index (χ0v) is 21.9. The SMILES string of the molecule is CCOC(=O)/C(C)=C/c1ccc2cc(OC)ccc2c1C(=O)c1ccc(OCCN2CCCCC2)cc1. The number of methoxy groups -OCH3 is 1. The van der Waals surface area contributed by atoms with E-state index in [1.807, 2.05) is 42.5 Å². The van der Waals surface area contributed by atoms with Crippen molar-refractivity contribution in [3.05, 3.63) is 76.9 Å². The number of hydrogen-bond acceptors (Lipinski definition) is 6. The van der Waals surface area contributed by atoms with Crippen LogP contribution < -0.4 is 9.47 Å². The van der Waals surface area contributed by atoms with Gasteiger partial charge in [-0.3, -0.25) is 9.69 Å². The second kappa shape index (κ2) is 12.5. The smallest absolute Gasteiger partial charge is 0.333 e. The third-order valence-electron chi connectivity index (χ3n) is 6.70. The van der Waals surface area contributed by atoms with Crippen LogP contribution in [0.15, 0.2) is 60.2 Å². The summed E-state index contributed by atoms with van der Waals surface area (Å²) in [7, 11) is 1.61. The number of rotatable bonds is 10. The van der Waals surface area contributed by atoms with Gasteiger partial charge in [-0.1, -0.05) is 18.6 Å². The summed E-state index contributed by atoms with van der Waals surface area (Å²) in [6.45, 7) is 7.57. The van der Waals surface area contributed by atoms with Gasteiger partial charge in [-0.2, -0.15) is 0 Å². The van der Waals surface area contributed by atoms with Crippen LogP contribution in [0.25, 0.3) is 16.8 Å². The van der Waals surface area contributed by atoms with Gasteiger partial charge in [-0.05, 0) is 105 Å². The third-order valence-corrected chi connectivity index (χ3v) is 6.70. The van der Waals surface area contributed by atoms with Gasteiger partial charge in [0.25, 0.3) is 0 Å². The number of likely N-dealkylation sites (tertiary alicyclic amines) is 1. The fourth-order valence-electron chi connectivity index (χ4n) is 4.69. The highest BCUT2D eigenvalue weighted by Gasteiger charge is 2.18. The minimum Gasteiger partial charge on any atom is -0.497 e. The Balaban J connectivity index is 1.60. The summed E-state index contributed by atoms with van der Waals surface area (Å²) in [5.74, 6) is 0.928. The van der Waals surface area contributed by atoms with E-state index in [9.17, 15) is 9.59 Å². The molecule has 1 aliphatic heterocycles. The number of esters is 1. The van der Waals surface area contributed by atoms with Crippen molar-refractivity contribution < 1.29 is 23.8 Å². The van der Waals surface area contributed by atoms with Gasteiger partial charge in [0.1, 0.15) is 18.1 Å². The zero-order chi connectivity index (χ0) is 26.2. The van der Waals surface area contributed by atoms with Crippen LogP contribution in [0.3, 0.4) is 0 Å². The number of hydrogen-bond donors (Lipinski definition) is 0. The lowest BCUT2D eigenvalue weighted by molar-refractivity contribution is -0.138. The average Bonchev–Trinajstić information content (AvgIpc) is 2.93. The Morgan fingerprint density at radius 1 is 0.946 bits per heavy atom. The molecular formula is C31H35NO5. The summed E-state index contributed by atoms with van der Waals surface area (Å²) in [6, 6.07) is 16.7. The fraction of sp³-hybridized carbons (Fsp3) is 0.355. The molecule has 194 valence electrons. The first-order chi connectivity index (χ1) is 18.0. The van der Waals surface area contributed by atoms with Crippen LogP contribution in [-0.4, -0.2) is 56.6 Å². The van der Waals surface area contributed by atoms with Crippen molar-refractivity contribution in [3.63, 3.8) is 0 Å². The first-order valence-corrected chi connectivity index (χ1v) is 13.0. The van der Waals surface area contributed by atoms with Gasteiger partial charge in [0.2, 0.25) is 0 Å². The normalized spacial score (nSPS) is 14.4. The van der Waals surface area contributed by atoms with Crippen LogP contribution in [0, 0.1) is 0 Å². The Morgan fingerprint density at radius 2 is 1.68 bits per heavy atom. The number of benzene rings is 3. The van der Waals surface area contributed by atoms with Gasteiger partial charge in [-0.15, -0.1) is 0 Å². The third kappa shape index (κ3) is 6.57. The highest BCUT2D eigenvalue weighted by molar-refractivity contribution is 6.19. The lowest BCUT2D eigenvalue weighted by atomic mass is 9.91. The maximum absolute atomic E-state index is 13.8. The Kier molecular flexibility index (Phi) is 8.96. The Bertz CT molecular complexity index is 1270. The lowest BCUT2D eigenvalue weighted by Crippen LogP contribution is -2.33. The molecule has 0 N–H and O–H groups in total. The quantitative estimate of drug-likeness (QED) is 0.195. The first-order valence-electron chi connectivity index (χ1n) is 13.0. The topological polar surface area (TPSA) is 65.1 Å². The van der Waals surface area contributed by atoms with Gasteiger partial charge in [0.15, 0.2) is 5.78 Å². The van der Waals surface area contributed by atoms with E-state index < -0.39 is 5.97 Å². The van der Waals surface area contributed by atoms with Crippen LogP contribution in [-0.2, 0) is 9.53 Å². The number of fused-ring (bicyclic) bond motifs is 1. The van der Waals surface area contributed by atoms with E-state index in [0.29, 0.717) is 41.2 Å². The number of ketones is 1. The maximum Gasteiger partial charge on any atom is 0.333 e. The van der Waals surface area contributed by atoms with Crippen molar-refractivity contribution in [2.24, 2.45) is 0 Å². The molecule has 0 spiro atoms. The molecule has 1 heterocycles. The second-order valence-corrected chi connectivity index (χ2v) is 9.27. The predicted octanol–water partition coefficient (Wildman–Crippen LogP) is 5.91. The van der Waals surface area contributed by atoms with Crippen LogP contribution in [0.4, 0.5) is 0 Å². The summed E-state index contributed by atoms with van der Waals surface area (Å²) < 4.78 is 16.4. The molecule has 1 fully saturated rings. The minimum absolute atomic E-state index is 0.126. The molecule has 0 unspecified atom stereocenters. The van der Waals surface area contributed by atoms with Crippen molar-refractivity contribution in [2.75, 3.05) is 40.0 Å². The van der Waals surface area contributed by atoms with Crippen molar-refractivity contribution in [2.45, 2.75) is 33.1 Å². The van der Waals surface area contributed by atoms with E-state index in [4.69, 9.17) is 14.2 Å². The fourth-order valence-corrected chi connectivity index (χ4v) is 4.69. The Labute approximate surface area is 218 Å². The van der Waals surface area contributed by atoms with E-state index in [1.165, 1.54) is 19.3 Å². The van der Waals surface area contributed by atoms with E-state index in [-0.39, 0.29) is 5.78 Å². The average molecular weight is 502 g/mol. The van der Waals surface area contributed by atoms with E-state index in [1.54, 1.807) is 39.2 Å². The Hall–Kier alpha value is -3.64. The zero-order valence-electron chi connectivity index (χ0n) is 21.9. The van der Waals surface area contributed by atoms with Crippen molar-refractivity contribution in [3.8, 4) is 11.5 Å². The van der Waals surface area contributed by atoms with Crippen molar-refractivity contribution in [1.29, 1.82) is 0 Å². The standard InChI is InChI=1S/C31H35NO5/c1-4-36-31(34)22(2)20-25-9-8-24-21-27(35-3)14-15-28(24)29(25)30(33)23-10-12-26(13-11-23)37-19-18-32-16-6-5-7-17-32/h8-15,20-21H,4-7,16-19H2,1-3H3/b22-20+. The molecule has 0 amide bonds. The molecule has 0 radical (unpaired) electrons. The van der Waals surface area contributed by atoms with E-state index in [0.717, 1.165) is 36.2 Å². The molecule has 0 saturated carbocycles. The van der Waals surface area contributed by atoms with Crippen molar-refractivity contribution >= 4 is 28.6 Å². The van der Waals surface area contributed by atoms with E-state index in [2.05, 4.69) is 4.90 Å². The predicted molar refractivity (Wildman–Crippen MR) is 146 cm³/mol. The van der Waals surface area contributed by atoms with Gasteiger partial charge < -0.3 is 14.2 Å². The summed E-state index contributed by atoms with van der Waals surface area (Å²) in [6.07, 6.45) is 5.55. The van der Waals surface area contributed by atoms with Gasteiger partial charge in [0, 0.05) is 23.2 Å². The molecule has 0 atom stereocenters. The molecule has 6 heteroatoms. The highest BCUT2D eigenvalue weighted by Crippen LogP contribution is 2.30. The van der Waals surface area contributed by atoms with Crippen LogP contribution >= 0.6 is 0 Å². The largest absolute Gasteiger partial charge is 0.497 e. The molecule has 0 bridgehead atoms. The molecule has 37 heavy (non-hydrogen) atoms. The number of nitrogens with zero attached hydrogens (tertiary/aromatic N) is 1. The lowest BCUT2D eigenvalue weighted by Gasteiger charge is -2.26. The Morgan fingerprint density at radius 3 is 2.38 bits per heavy atom. The molecule has 1 aliphatic rings. The van der Waals surface area contributed by atoms with E-state index >= 15 is 0 Å². The molecule has 6 nitrogen and oxygen atoms in total. The maximum atomic E-state index is 13.8. The first kappa shape index (κ1) is 26.4. The summed E-state index contributed by atoms with van der Waals surface area (Å²) >= 11 is 0. The molecule has 4 rings (SSSR count). The summed E-state index contributed by atoms with van der Waals surface area (Å²) in [5.41, 5.74) is 2.17. The van der Waals surface area contributed by atoms with Crippen LogP contribution in [0.1, 0.15) is 54.6 Å². The molecule has 0 aliphatic carbocycles. The molecule has 3 aromatic rings. The summed E-state index contributed by atoms with van der Waals surface area (Å²) in [4.78, 5) is 28.5. The van der Waals surface area contributed by atoms with Crippen molar-refractivity contribution in [1.82, 2.24) is 4.90 Å². The van der Waals surface area contributed by atoms with Gasteiger partial charge in [-0.25, -0.2) is 4.79 Å². The molecule has 0 aromatic heterocycles. The highest BCUT2D eigenvalue weighted by atomic mass is 16.5. The summed E-state index contributed by atoms with van der Waals surface area (Å²) in [5, 5.41) is 1.67. The number of carbonyl (C=O) groups excluding carboxylic acids is 2. The van der Waals surface area contributed by atoms with Crippen LogP contribution in [0.2, 0.25) is 0 Å². The van der Waals surface area contributed by atoms with Gasteiger partial charge >= 0.3 is 5.97 Å². The molecule has 1 saturated heterocycles. The second-order valence-electron chi connectivity index (χ2n) is 9.27. The minimum atomic E-state index is -0.401. The number of piperidine rings is 1. The van der Waals surface area contributed by atoms with Gasteiger partial charge in [0.05, 0.1) is 13.7 Å². The number of ether oxygens (including phenoxy) is 3. The molecule has 3 aromatic carbocycles.